The predicted molar refractivity (Wildman–Crippen MR) is 67.4 cm³/mol. The van der Waals surface area contributed by atoms with Gasteiger partial charge >= 0.3 is 16.2 Å². The third-order valence-corrected chi connectivity index (χ3v) is 2.62. The molecule has 0 radical (unpaired) electrons. The number of nitrogens with zero attached hydrogens (tertiary/aromatic N) is 1. The molecule has 0 aliphatic rings. The summed E-state index contributed by atoms with van der Waals surface area (Å²) in [6.45, 7) is 5.18. The largest absolute Gasteiger partial charge is 0.444 e. The summed E-state index contributed by atoms with van der Waals surface area (Å²) in [5, 5.41) is 3.75. The van der Waals surface area contributed by atoms with E-state index in [0.29, 0.717) is 0 Å². The Hall–Kier alpha value is -1.35. The van der Waals surface area contributed by atoms with Crippen LogP contribution < -0.4 is 9.50 Å². The molecule has 0 spiro atoms. The first-order valence-corrected chi connectivity index (χ1v) is 7.60. The van der Waals surface area contributed by atoms with Gasteiger partial charge in [-0.15, -0.1) is 0 Å². The van der Waals surface area contributed by atoms with Crippen molar-refractivity contribution in [1.82, 2.24) is 4.98 Å². The molecule has 1 amide bonds. The van der Waals surface area contributed by atoms with E-state index in [4.69, 9.17) is 4.74 Å². The zero-order valence-electron chi connectivity index (χ0n) is 10.4. The summed E-state index contributed by atoms with van der Waals surface area (Å²) in [6, 6.07) is 0. The molecule has 1 aromatic rings. The Kier molecular flexibility index (Phi) is 4.17. The van der Waals surface area contributed by atoms with Crippen molar-refractivity contribution in [3.05, 3.63) is 5.38 Å². The van der Waals surface area contributed by atoms with Crippen molar-refractivity contribution in [2.45, 2.75) is 26.4 Å². The highest BCUT2D eigenvalue weighted by atomic mass is 32.2. The molecule has 0 unspecified atom stereocenters. The second kappa shape index (κ2) is 5.11. The zero-order chi connectivity index (χ0) is 14.0. The molecule has 102 valence electrons. The number of hydrogen-bond donors (Lipinski definition) is 1. The Bertz CT molecular complexity index is 529. The number of aromatic nitrogens is 1. The zero-order valence-corrected chi connectivity index (χ0v) is 12.0. The van der Waals surface area contributed by atoms with Crippen molar-refractivity contribution >= 4 is 33.4 Å². The number of hydrogen-bond acceptors (Lipinski definition) is 7. The average Bonchev–Trinajstić information content (AvgIpc) is 2.44. The molecule has 1 rings (SSSR count). The SMILES string of the molecule is CC(C)(C)OC(=O)Nc1csc(OS(C)(=O)=O)n1. The quantitative estimate of drug-likeness (QED) is 0.855. The molecule has 1 aromatic heterocycles. The number of nitrogens with one attached hydrogen (secondary N) is 1. The third kappa shape index (κ3) is 5.82. The molecule has 0 saturated carbocycles. The van der Waals surface area contributed by atoms with E-state index in [9.17, 15) is 13.2 Å². The number of thiazole rings is 1. The highest BCUT2D eigenvalue weighted by Gasteiger charge is 2.17. The van der Waals surface area contributed by atoms with E-state index in [1.54, 1.807) is 20.8 Å². The standard InChI is InChI=1S/C9H14N2O5S2/c1-9(2,3)15-7(12)10-6-5-17-8(11-6)16-18(4,13)14/h5H,1-4H3,(H,10,12). The Labute approximate surface area is 109 Å². The van der Waals surface area contributed by atoms with Crippen LogP contribution in [0.15, 0.2) is 5.38 Å². The number of ether oxygens (including phenoxy) is 1. The van der Waals surface area contributed by atoms with Crippen LogP contribution in [-0.2, 0) is 14.9 Å². The fourth-order valence-corrected chi connectivity index (χ4v) is 2.19. The number of rotatable bonds is 3. The average molecular weight is 294 g/mol. The third-order valence-electron chi connectivity index (χ3n) is 1.33. The van der Waals surface area contributed by atoms with Gasteiger partial charge in [-0.25, -0.2) is 4.79 Å². The number of anilines is 1. The molecule has 0 aromatic carbocycles. The van der Waals surface area contributed by atoms with Gasteiger partial charge in [-0.3, -0.25) is 5.32 Å². The summed E-state index contributed by atoms with van der Waals surface area (Å²) >= 11 is 0.954. The van der Waals surface area contributed by atoms with Gasteiger partial charge < -0.3 is 8.92 Å². The molecule has 18 heavy (non-hydrogen) atoms. The maximum atomic E-state index is 11.4. The minimum absolute atomic E-state index is 0.0661. The lowest BCUT2D eigenvalue weighted by molar-refractivity contribution is 0.0635. The molecule has 0 saturated heterocycles. The highest BCUT2D eigenvalue weighted by Crippen LogP contribution is 2.23. The van der Waals surface area contributed by atoms with Gasteiger partial charge in [-0.2, -0.15) is 13.4 Å². The second-order valence-electron chi connectivity index (χ2n) is 4.41. The Morgan fingerprint density at radius 3 is 2.56 bits per heavy atom. The molecular weight excluding hydrogens is 280 g/mol. The van der Waals surface area contributed by atoms with Gasteiger partial charge in [0.2, 0.25) is 0 Å². The van der Waals surface area contributed by atoms with Crippen molar-refractivity contribution in [3.8, 4) is 5.19 Å². The summed E-state index contributed by atoms with van der Waals surface area (Å²) in [4.78, 5) is 15.2. The van der Waals surface area contributed by atoms with Crippen LogP contribution in [0.5, 0.6) is 5.19 Å². The van der Waals surface area contributed by atoms with E-state index in [0.717, 1.165) is 17.6 Å². The van der Waals surface area contributed by atoms with Crippen LogP contribution in [0.4, 0.5) is 10.6 Å². The van der Waals surface area contributed by atoms with Crippen molar-refractivity contribution in [2.75, 3.05) is 11.6 Å². The Balaban J connectivity index is 2.62. The van der Waals surface area contributed by atoms with Gasteiger partial charge in [0.25, 0.3) is 5.19 Å². The summed E-state index contributed by atoms with van der Waals surface area (Å²) in [5.41, 5.74) is -0.619. The molecule has 0 fully saturated rings. The van der Waals surface area contributed by atoms with Crippen molar-refractivity contribution < 1.29 is 22.1 Å². The molecular formula is C9H14N2O5S2. The fourth-order valence-electron chi connectivity index (χ4n) is 0.891. The number of carbonyl (C=O) groups is 1. The fraction of sp³-hybridized carbons (Fsp3) is 0.556. The second-order valence-corrected chi connectivity index (χ2v) is 6.81. The van der Waals surface area contributed by atoms with Gasteiger partial charge in [0.05, 0.1) is 6.26 Å². The Morgan fingerprint density at radius 1 is 1.44 bits per heavy atom. The summed E-state index contributed by atoms with van der Waals surface area (Å²) in [5.74, 6) is 0.174. The van der Waals surface area contributed by atoms with Crippen molar-refractivity contribution in [3.63, 3.8) is 0 Å². The van der Waals surface area contributed by atoms with E-state index in [2.05, 4.69) is 14.5 Å². The van der Waals surface area contributed by atoms with Gasteiger partial charge in [0, 0.05) is 5.38 Å². The summed E-state index contributed by atoms with van der Waals surface area (Å²) < 4.78 is 31.3. The van der Waals surface area contributed by atoms with Crippen LogP contribution in [0.1, 0.15) is 20.8 Å². The lowest BCUT2D eigenvalue weighted by Gasteiger charge is -2.18. The molecule has 9 heteroatoms. The minimum Gasteiger partial charge on any atom is -0.444 e. The van der Waals surface area contributed by atoms with Crippen LogP contribution in [0.3, 0.4) is 0 Å². The predicted octanol–water partition coefficient (Wildman–Crippen LogP) is 1.83. The molecule has 0 bridgehead atoms. The molecule has 0 atom stereocenters. The van der Waals surface area contributed by atoms with Gasteiger partial charge in [0.15, 0.2) is 0 Å². The molecule has 1 heterocycles. The summed E-state index contributed by atoms with van der Waals surface area (Å²) in [7, 11) is -3.62. The first kappa shape index (κ1) is 14.7. The molecule has 0 aliphatic carbocycles. The first-order valence-electron chi connectivity index (χ1n) is 4.90. The van der Waals surface area contributed by atoms with Crippen LogP contribution in [0.25, 0.3) is 0 Å². The Morgan fingerprint density at radius 2 is 2.06 bits per heavy atom. The van der Waals surface area contributed by atoms with Crippen molar-refractivity contribution in [2.24, 2.45) is 0 Å². The van der Waals surface area contributed by atoms with Gasteiger partial charge in [-0.05, 0) is 20.8 Å². The smallest absolute Gasteiger partial charge is 0.413 e. The van der Waals surface area contributed by atoms with E-state index >= 15 is 0 Å². The molecule has 0 aliphatic heterocycles. The topological polar surface area (TPSA) is 94.6 Å². The van der Waals surface area contributed by atoms with Crippen LogP contribution >= 0.6 is 11.3 Å². The number of amides is 1. The maximum Gasteiger partial charge on any atom is 0.413 e. The van der Waals surface area contributed by atoms with Crippen molar-refractivity contribution in [1.29, 1.82) is 0 Å². The van der Waals surface area contributed by atoms with Gasteiger partial charge in [-0.1, -0.05) is 11.3 Å². The van der Waals surface area contributed by atoms with Crippen LogP contribution in [0, 0.1) is 0 Å². The lowest BCUT2D eigenvalue weighted by Crippen LogP contribution is -2.27. The minimum atomic E-state index is -3.62. The molecule has 1 N–H and O–H groups in total. The number of carbonyl (C=O) groups excluding carboxylic acids is 1. The van der Waals surface area contributed by atoms with E-state index < -0.39 is 21.8 Å². The van der Waals surface area contributed by atoms with E-state index in [1.165, 1.54) is 5.38 Å². The normalized spacial score (nSPS) is 12.0. The van der Waals surface area contributed by atoms with E-state index in [1.807, 2.05) is 0 Å². The maximum absolute atomic E-state index is 11.4. The van der Waals surface area contributed by atoms with Crippen LogP contribution in [-0.4, -0.2) is 31.4 Å². The first-order chi connectivity index (χ1) is 8.05. The summed E-state index contributed by atoms with van der Waals surface area (Å²) in [6.07, 6.45) is 0.244. The molecule has 7 nitrogen and oxygen atoms in total. The van der Waals surface area contributed by atoms with Gasteiger partial charge in [0.1, 0.15) is 11.4 Å². The highest BCUT2D eigenvalue weighted by molar-refractivity contribution is 7.86. The van der Waals surface area contributed by atoms with E-state index in [-0.39, 0.29) is 11.0 Å². The monoisotopic (exact) mass is 294 g/mol. The van der Waals surface area contributed by atoms with Crippen LogP contribution in [0.2, 0.25) is 0 Å². The lowest BCUT2D eigenvalue weighted by atomic mass is 10.2.